The van der Waals surface area contributed by atoms with Crippen LogP contribution in [-0.2, 0) is 32.2 Å². The van der Waals surface area contributed by atoms with Crippen molar-refractivity contribution in [2.75, 3.05) is 28.4 Å². The van der Waals surface area contributed by atoms with Crippen LogP contribution in [0.2, 0.25) is 0 Å². The first-order chi connectivity index (χ1) is 37.7. The molecule has 0 saturated carbocycles. The molecule has 3 N–H and O–H groups in total. The fraction of sp³-hybridized carbons (Fsp3) is 0.0769. The van der Waals surface area contributed by atoms with Gasteiger partial charge in [0, 0.05) is 0 Å². The van der Waals surface area contributed by atoms with E-state index < -0.39 is 43.0 Å². The summed E-state index contributed by atoms with van der Waals surface area (Å²) in [4.78, 5) is 32.1. The summed E-state index contributed by atoms with van der Waals surface area (Å²) in [5, 5.41) is 18.7. The molecule has 4 aliphatic heterocycles. The summed E-state index contributed by atoms with van der Waals surface area (Å²) in [6.07, 6.45) is 0. The maximum atomic E-state index is 13.9. The quantitative estimate of drug-likeness (QED) is 0.0505. The van der Waals surface area contributed by atoms with Crippen LogP contribution in [0.4, 0.5) is 11.6 Å². The van der Waals surface area contributed by atoms with E-state index in [2.05, 4.69) is 5.04 Å². The predicted molar refractivity (Wildman–Crippen MR) is 290 cm³/mol. The number of nitrogens with zero attached hydrogens (tertiary/aromatic N) is 8. The minimum absolute atomic E-state index is 0.00806. The van der Waals surface area contributed by atoms with Gasteiger partial charge in [0.2, 0.25) is 0 Å². The summed E-state index contributed by atoms with van der Waals surface area (Å²) in [7, 11) is -4.12. The number of ether oxygens (including phenoxy) is 4. The van der Waals surface area contributed by atoms with Gasteiger partial charge in [-0.2, -0.15) is 0 Å². The molecule has 0 radical (unpaired) electrons. The molecule has 22 nitrogen and oxygen atoms in total. The first kappa shape index (κ1) is 48.6. The molecule has 0 saturated heterocycles. The Morgan fingerprint density at radius 3 is 1.35 bits per heavy atom. The molecule has 0 fully saturated rings. The molecule has 10 aromatic rings. The van der Waals surface area contributed by atoms with E-state index in [1.807, 2.05) is 72.8 Å². The second-order valence-electron chi connectivity index (χ2n) is 18.1. The van der Waals surface area contributed by atoms with Crippen molar-refractivity contribution in [3.8, 4) is 23.0 Å². The summed E-state index contributed by atoms with van der Waals surface area (Å²) in [6.45, 7) is 0. The first-order valence-corrected chi connectivity index (χ1v) is 31.2. The van der Waals surface area contributed by atoms with Gasteiger partial charge in [0.15, 0.2) is 0 Å². The third kappa shape index (κ3) is 7.18. The van der Waals surface area contributed by atoms with Crippen molar-refractivity contribution in [2.45, 2.75) is 9.79 Å². The zero-order valence-electron chi connectivity index (χ0n) is 40.6. The Labute approximate surface area is 452 Å². The van der Waals surface area contributed by atoms with Gasteiger partial charge in [0.1, 0.15) is 0 Å². The van der Waals surface area contributed by atoms with Gasteiger partial charge in [-0.05, 0) is 0 Å². The van der Waals surface area contributed by atoms with Crippen LogP contribution >= 0.6 is 12.0 Å². The fourth-order valence-corrected chi connectivity index (χ4v) is 20.9. The Hall–Kier alpha value is -7.76. The SMILES string of the molecule is COc1c2ccccc2c(OC)c2c3[n]4c(c12)N=C1N=C(N=c2c5c(OC)c6ccccc6c(OC)c5c([n]2[In]4[O]S(=O)(=O)O)=NC2=NC(=N3)c3cc4cc(S(=O)(=O)O)ccc4cc32)c2cc3cc(SOOO)ccc3cc21. The van der Waals surface area contributed by atoms with Gasteiger partial charge in [0.25, 0.3) is 0 Å². The molecule has 6 heterocycles. The molecular formula is C52H33InN8O14S3. The molecule has 0 amide bonds. The summed E-state index contributed by atoms with van der Waals surface area (Å²) < 4.78 is 114. The standard InChI is InChI=1S/C52H32N8O10S2.In.H2O4S/c1-65-41-29-9-5-7-11-31(29)43(67-3)39-37(41)50-56-46-34-20-24-14-16-28(72(62,63)64)18-26(24)22-36(34)48(54-46)58-52-40-38(42(66-2)30-10-6-8-12-32(30)44(40)68-4)49(60-52)55-45-33-19-23-13-15-27(71-70-69-61)17-25(23)21-35(33)47(53-45)57-51(39)59-50;;1-5(2,3)4/h5-22H,1-4H3,(H2-2,53,54,55,56,57,58,59,60,61,62,63,64);;(H2,1,2,3,4)/q-2;+3;/p-1. The number of aromatic nitrogens is 2. The number of methoxy groups -OCH3 is 4. The third-order valence-corrected chi connectivity index (χ3v) is 24.8. The minimum atomic E-state index is -5.64. The molecular weight excluding hydrogens is 1170 g/mol. The number of benzene rings is 8. The van der Waals surface area contributed by atoms with E-state index >= 15 is 0 Å². The van der Waals surface area contributed by atoms with Crippen LogP contribution in [0.15, 0.2) is 149 Å². The second-order valence-corrected chi connectivity index (χ2v) is 27.8. The van der Waals surface area contributed by atoms with Gasteiger partial charge in [-0.1, -0.05) is 0 Å². The molecule has 386 valence electrons. The molecule has 78 heavy (non-hydrogen) atoms. The van der Waals surface area contributed by atoms with Crippen LogP contribution in [0.5, 0.6) is 23.0 Å². The summed E-state index contributed by atoms with van der Waals surface area (Å²) in [6, 6.07) is 31.4. The summed E-state index contributed by atoms with van der Waals surface area (Å²) in [5.41, 5.74) is 1.88. The topological polar surface area (TPSA) is 278 Å². The number of hydrogen-bond donors (Lipinski definition) is 3. The second kappa shape index (κ2) is 17.6. The van der Waals surface area contributed by atoms with E-state index in [1.54, 1.807) is 29.4 Å². The zero-order chi connectivity index (χ0) is 53.7. The molecule has 0 atom stereocenters. The molecule has 0 spiro atoms. The van der Waals surface area contributed by atoms with Crippen molar-refractivity contribution >= 4 is 155 Å². The van der Waals surface area contributed by atoms with Crippen LogP contribution in [0.25, 0.3) is 64.6 Å². The van der Waals surface area contributed by atoms with Crippen molar-refractivity contribution in [3.63, 3.8) is 0 Å². The van der Waals surface area contributed by atoms with Crippen molar-refractivity contribution in [1.29, 1.82) is 0 Å². The molecule has 8 aromatic carbocycles. The van der Waals surface area contributed by atoms with Gasteiger partial charge in [0.05, 0.1) is 0 Å². The average molecular weight is 1200 g/mol. The first-order valence-electron chi connectivity index (χ1n) is 23.3. The van der Waals surface area contributed by atoms with Crippen LogP contribution in [0.1, 0.15) is 22.3 Å². The molecule has 4 aliphatic rings. The normalized spacial score (nSPS) is 14.5. The molecule has 6 bridgehead atoms. The monoisotopic (exact) mass is 1200 g/mol. The van der Waals surface area contributed by atoms with E-state index in [0.29, 0.717) is 70.2 Å². The predicted octanol–water partition coefficient (Wildman–Crippen LogP) is 8.06. The Balaban J connectivity index is 1.27. The van der Waals surface area contributed by atoms with Crippen LogP contribution in [-0.4, -0.2) is 111 Å². The van der Waals surface area contributed by atoms with Gasteiger partial charge >= 0.3 is 450 Å². The Morgan fingerprint density at radius 2 is 0.910 bits per heavy atom. The van der Waals surface area contributed by atoms with Crippen molar-refractivity contribution in [1.82, 2.24) is 5.11 Å². The Kier molecular flexibility index (Phi) is 11.0. The van der Waals surface area contributed by atoms with E-state index in [1.165, 1.54) is 40.6 Å². The van der Waals surface area contributed by atoms with Gasteiger partial charge < -0.3 is 0 Å². The van der Waals surface area contributed by atoms with E-state index in [9.17, 15) is 25.9 Å². The Bertz CT molecular complexity index is 4960. The average Bonchev–Trinajstić information content (AvgIpc) is 3.70. The van der Waals surface area contributed by atoms with Gasteiger partial charge in [-0.25, -0.2) is 5.26 Å². The summed E-state index contributed by atoms with van der Waals surface area (Å²) >= 11 is -4.86. The number of rotatable bonds is 10. The Morgan fingerprint density at radius 1 is 0.487 bits per heavy atom. The molecule has 0 aliphatic carbocycles. The third-order valence-electron chi connectivity index (χ3n) is 14.1. The van der Waals surface area contributed by atoms with Crippen molar-refractivity contribution in [2.24, 2.45) is 30.0 Å². The summed E-state index contributed by atoms with van der Waals surface area (Å²) in [5.74, 6) is 1.55. The zero-order valence-corrected chi connectivity index (χ0v) is 46.3. The van der Waals surface area contributed by atoms with Crippen molar-refractivity contribution < 1.29 is 61.8 Å². The molecule has 2 aromatic heterocycles. The van der Waals surface area contributed by atoms with E-state index in [0.717, 1.165) is 17.4 Å². The van der Waals surface area contributed by atoms with Crippen molar-refractivity contribution in [3.05, 3.63) is 142 Å². The molecule has 0 unspecified atom stereocenters. The van der Waals surface area contributed by atoms with Gasteiger partial charge in [-0.15, -0.1) is 0 Å². The number of hydrogen-bond acceptors (Lipinski definition) is 19. The van der Waals surface area contributed by atoms with E-state index in [-0.39, 0.29) is 90.0 Å². The maximum absolute atomic E-state index is 13.9. The molecule has 26 heteroatoms. The van der Waals surface area contributed by atoms with Gasteiger partial charge in [-0.3, -0.25) is 0 Å². The van der Waals surface area contributed by atoms with Crippen LogP contribution in [0.3, 0.4) is 0 Å². The van der Waals surface area contributed by atoms with Crippen LogP contribution < -0.4 is 29.9 Å². The number of fused-ring (bicyclic) bond motifs is 18. The number of amidine groups is 4. The molecule has 14 rings (SSSR count). The van der Waals surface area contributed by atoms with E-state index in [4.69, 9.17) is 60.8 Å². The number of aliphatic imine (C=N–C) groups is 4. The fourth-order valence-electron chi connectivity index (χ4n) is 11.0. The van der Waals surface area contributed by atoms with Crippen LogP contribution in [0, 0.1) is 0 Å².